The Hall–Kier alpha value is -3.36. The lowest BCUT2D eigenvalue weighted by Crippen LogP contribution is -2.24. The molecule has 1 N–H and O–H groups in total. The van der Waals surface area contributed by atoms with Gasteiger partial charge in [-0.25, -0.2) is 10.2 Å². The number of carbonyl (C=O) groups excluding carboxylic acids is 2. The van der Waals surface area contributed by atoms with Gasteiger partial charge >= 0.3 is 5.97 Å². The molecule has 7 nitrogen and oxygen atoms in total. The van der Waals surface area contributed by atoms with Crippen molar-refractivity contribution in [2.24, 2.45) is 5.10 Å². The van der Waals surface area contributed by atoms with E-state index in [0.29, 0.717) is 27.6 Å². The van der Waals surface area contributed by atoms with Gasteiger partial charge in [-0.2, -0.15) is 5.10 Å². The number of rotatable bonds is 8. The summed E-state index contributed by atoms with van der Waals surface area (Å²) >= 11 is 9.12. The topological polar surface area (TPSA) is 86.2 Å². The predicted molar refractivity (Wildman–Crippen MR) is 125 cm³/mol. The number of carbonyl (C=O) groups is 2. The Bertz CT molecular complexity index is 1140. The van der Waals surface area contributed by atoms with Crippen LogP contribution in [0.5, 0.6) is 17.2 Å². The zero-order chi connectivity index (χ0) is 22.9. The van der Waals surface area contributed by atoms with Crippen LogP contribution >= 0.6 is 27.5 Å². The highest BCUT2D eigenvalue weighted by atomic mass is 79.9. The van der Waals surface area contributed by atoms with Crippen molar-refractivity contribution < 1.29 is 23.8 Å². The van der Waals surface area contributed by atoms with E-state index in [9.17, 15) is 9.59 Å². The molecule has 0 aliphatic carbocycles. The highest BCUT2D eigenvalue weighted by molar-refractivity contribution is 9.10. The van der Waals surface area contributed by atoms with Crippen molar-refractivity contribution in [3.63, 3.8) is 0 Å². The highest BCUT2D eigenvalue weighted by Gasteiger charge is 2.13. The molecule has 0 aliphatic rings. The number of nitrogens with one attached hydrogen (secondary N) is 1. The molecule has 0 heterocycles. The maximum atomic E-state index is 12.4. The number of hydrogen-bond donors (Lipinski definition) is 1. The van der Waals surface area contributed by atoms with Gasteiger partial charge in [0.05, 0.1) is 18.9 Å². The molecule has 0 spiro atoms. The normalized spacial score (nSPS) is 10.6. The van der Waals surface area contributed by atoms with Crippen LogP contribution in [0.2, 0.25) is 5.02 Å². The summed E-state index contributed by atoms with van der Waals surface area (Å²) in [6, 6.07) is 18.4. The third-order valence-electron chi connectivity index (χ3n) is 4.04. The van der Waals surface area contributed by atoms with Crippen LogP contribution in [0.25, 0.3) is 0 Å². The summed E-state index contributed by atoms with van der Waals surface area (Å²) in [6.07, 6.45) is 1.43. The standard InChI is InChI=1S/C23H18BrClN2O5/c1-30-21-11-15(5-10-20(21)32-23(29)16-3-2-4-17(24)12-16)13-26-27-22(28)14-31-19-8-6-18(25)7-9-19/h2-13H,14H2,1H3,(H,27,28)/b26-13-. The molecule has 0 saturated heterocycles. The van der Waals surface area contributed by atoms with Crippen molar-refractivity contribution in [1.29, 1.82) is 0 Å². The minimum atomic E-state index is -0.515. The molecule has 9 heteroatoms. The van der Waals surface area contributed by atoms with E-state index < -0.39 is 11.9 Å². The van der Waals surface area contributed by atoms with E-state index in [1.54, 1.807) is 60.7 Å². The molecule has 0 aromatic heterocycles. The van der Waals surface area contributed by atoms with Crippen LogP contribution in [0.1, 0.15) is 15.9 Å². The zero-order valence-corrected chi connectivity index (χ0v) is 19.2. The van der Waals surface area contributed by atoms with Gasteiger partial charge in [0.15, 0.2) is 18.1 Å². The number of esters is 1. The maximum Gasteiger partial charge on any atom is 0.343 e. The van der Waals surface area contributed by atoms with E-state index in [2.05, 4.69) is 26.5 Å². The minimum absolute atomic E-state index is 0.202. The second kappa shape index (κ2) is 11.3. The first kappa shape index (κ1) is 23.3. The summed E-state index contributed by atoms with van der Waals surface area (Å²) in [7, 11) is 1.46. The van der Waals surface area contributed by atoms with Crippen LogP contribution in [0.3, 0.4) is 0 Å². The van der Waals surface area contributed by atoms with Gasteiger partial charge < -0.3 is 14.2 Å². The monoisotopic (exact) mass is 516 g/mol. The van der Waals surface area contributed by atoms with E-state index in [4.69, 9.17) is 25.8 Å². The van der Waals surface area contributed by atoms with Crippen LogP contribution in [-0.4, -0.2) is 31.8 Å². The number of amides is 1. The van der Waals surface area contributed by atoms with Gasteiger partial charge in [0.2, 0.25) is 0 Å². The molecule has 164 valence electrons. The molecule has 0 atom stereocenters. The first-order valence-corrected chi connectivity index (χ1v) is 10.5. The first-order chi connectivity index (χ1) is 15.4. The minimum Gasteiger partial charge on any atom is -0.493 e. The lowest BCUT2D eigenvalue weighted by Gasteiger charge is -2.10. The second-order valence-electron chi connectivity index (χ2n) is 6.35. The molecule has 32 heavy (non-hydrogen) atoms. The number of nitrogens with zero attached hydrogens (tertiary/aromatic N) is 1. The summed E-state index contributed by atoms with van der Waals surface area (Å²) in [4.78, 5) is 24.2. The van der Waals surface area contributed by atoms with Gasteiger partial charge in [0.1, 0.15) is 5.75 Å². The molecular weight excluding hydrogens is 500 g/mol. The van der Waals surface area contributed by atoms with Gasteiger partial charge in [-0.15, -0.1) is 0 Å². The summed E-state index contributed by atoms with van der Waals surface area (Å²) in [5.74, 6) is 0.178. The molecule has 0 radical (unpaired) electrons. The SMILES string of the molecule is COc1cc(/C=N\NC(=O)COc2ccc(Cl)cc2)ccc1OC(=O)c1cccc(Br)c1. The lowest BCUT2D eigenvalue weighted by molar-refractivity contribution is -0.123. The average molecular weight is 518 g/mol. The highest BCUT2D eigenvalue weighted by Crippen LogP contribution is 2.28. The Labute approximate surface area is 198 Å². The fourth-order valence-electron chi connectivity index (χ4n) is 2.51. The second-order valence-corrected chi connectivity index (χ2v) is 7.70. The number of hydrogen-bond acceptors (Lipinski definition) is 6. The summed E-state index contributed by atoms with van der Waals surface area (Å²) in [5.41, 5.74) is 3.40. The molecule has 0 unspecified atom stereocenters. The summed E-state index contributed by atoms with van der Waals surface area (Å²) < 4.78 is 16.8. The molecular formula is C23H18BrClN2O5. The third-order valence-corrected chi connectivity index (χ3v) is 4.78. The quantitative estimate of drug-likeness (QED) is 0.200. The van der Waals surface area contributed by atoms with E-state index in [1.807, 2.05) is 6.07 Å². The Kier molecular flexibility index (Phi) is 8.24. The van der Waals surface area contributed by atoms with E-state index in [-0.39, 0.29) is 12.4 Å². The Morgan fingerprint density at radius 3 is 2.56 bits per heavy atom. The molecule has 0 fully saturated rings. The van der Waals surface area contributed by atoms with Gasteiger partial charge in [-0.1, -0.05) is 33.6 Å². The van der Waals surface area contributed by atoms with Crippen LogP contribution < -0.4 is 19.6 Å². The zero-order valence-electron chi connectivity index (χ0n) is 16.9. The number of halogens is 2. The fourth-order valence-corrected chi connectivity index (χ4v) is 3.04. The summed E-state index contributed by atoms with van der Waals surface area (Å²) in [5, 5.41) is 4.48. The molecule has 0 aliphatic heterocycles. The Morgan fingerprint density at radius 2 is 1.84 bits per heavy atom. The molecule has 1 amide bonds. The van der Waals surface area contributed by atoms with Crippen molar-refractivity contribution in [3.05, 3.63) is 87.4 Å². The molecule has 0 saturated carbocycles. The molecule has 3 aromatic carbocycles. The van der Waals surface area contributed by atoms with Gasteiger partial charge in [0, 0.05) is 9.50 Å². The van der Waals surface area contributed by atoms with E-state index >= 15 is 0 Å². The van der Waals surface area contributed by atoms with Crippen molar-refractivity contribution in [2.45, 2.75) is 0 Å². The van der Waals surface area contributed by atoms with Crippen LogP contribution in [0.15, 0.2) is 76.3 Å². The average Bonchev–Trinajstić information content (AvgIpc) is 2.79. The Balaban J connectivity index is 1.56. The largest absolute Gasteiger partial charge is 0.493 e. The number of ether oxygens (including phenoxy) is 3. The third kappa shape index (κ3) is 6.83. The van der Waals surface area contributed by atoms with Crippen LogP contribution in [0.4, 0.5) is 0 Å². The maximum absolute atomic E-state index is 12.4. The lowest BCUT2D eigenvalue weighted by atomic mass is 10.2. The predicted octanol–water partition coefficient (Wildman–Crippen LogP) is 4.86. The van der Waals surface area contributed by atoms with Crippen molar-refractivity contribution >= 4 is 45.6 Å². The molecule has 0 bridgehead atoms. The van der Waals surface area contributed by atoms with Gasteiger partial charge in [-0.3, -0.25) is 4.79 Å². The van der Waals surface area contributed by atoms with Crippen molar-refractivity contribution in [2.75, 3.05) is 13.7 Å². The fraction of sp³-hybridized carbons (Fsp3) is 0.0870. The number of hydrazone groups is 1. The number of methoxy groups -OCH3 is 1. The van der Waals surface area contributed by atoms with Crippen LogP contribution in [-0.2, 0) is 4.79 Å². The van der Waals surface area contributed by atoms with E-state index in [1.165, 1.54) is 13.3 Å². The molecule has 3 aromatic rings. The van der Waals surface area contributed by atoms with Crippen LogP contribution in [0, 0.1) is 0 Å². The van der Waals surface area contributed by atoms with Crippen molar-refractivity contribution in [3.8, 4) is 17.2 Å². The smallest absolute Gasteiger partial charge is 0.343 e. The van der Waals surface area contributed by atoms with E-state index in [0.717, 1.165) is 4.47 Å². The van der Waals surface area contributed by atoms with Gasteiger partial charge in [-0.05, 0) is 66.2 Å². The molecule has 3 rings (SSSR count). The van der Waals surface area contributed by atoms with Gasteiger partial charge in [0.25, 0.3) is 5.91 Å². The summed E-state index contributed by atoms with van der Waals surface area (Å²) in [6.45, 7) is -0.202. The van der Waals surface area contributed by atoms with Crippen molar-refractivity contribution in [1.82, 2.24) is 5.43 Å². The number of benzene rings is 3. The first-order valence-electron chi connectivity index (χ1n) is 9.30. The Morgan fingerprint density at radius 1 is 1.06 bits per heavy atom.